The number of nitrogens with zero attached hydrogens (tertiary/aromatic N) is 2. The van der Waals surface area contributed by atoms with E-state index in [-0.39, 0.29) is 5.91 Å². The zero-order valence-electron chi connectivity index (χ0n) is 10.4. The number of amides is 1. The van der Waals surface area contributed by atoms with E-state index in [1.54, 1.807) is 4.90 Å². The molecule has 0 bridgehead atoms. The molecule has 0 aromatic carbocycles. The van der Waals surface area contributed by atoms with E-state index in [2.05, 4.69) is 18.8 Å². The molecular weight excluding hydrogens is 202 g/mol. The van der Waals surface area contributed by atoms with Gasteiger partial charge in [-0.3, -0.25) is 9.69 Å². The third-order valence-electron chi connectivity index (χ3n) is 3.29. The average Bonchev–Trinajstić information content (AvgIpc) is 2.91. The Labute approximate surface area is 96.9 Å². The highest BCUT2D eigenvalue weighted by atomic mass is 16.2. The van der Waals surface area contributed by atoms with Crippen molar-refractivity contribution in [2.45, 2.75) is 45.6 Å². The van der Waals surface area contributed by atoms with Crippen molar-refractivity contribution in [3.8, 4) is 0 Å². The summed E-state index contributed by atoms with van der Waals surface area (Å²) in [6.45, 7) is 6.87. The predicted octanol–water partition coefficient (Wildman–Crippen LogP) is 1.36. The van der Waals surface area contributed by atoms with Gasteiger partial charge in [-0.2, -0.15) is 0 Å². The topological polar surface area (TPSA) is 58.7 Å². The Hall–Kier alpha value is -1.06. The van der Waals surface area contributed by atoms with Gasteiger partial charge in [0.2, 0.25) is 0 Å². The molecule has 0 saturated heterocycles. The minimum absolute atomic E-state index is 0.0885. The summed E-state index contributed by atoms with van der Waals surface area (Å²) < 4.78 is 0. The number of nitrogens with two attached hydrogens (primary N) is 1. The quantitative estimate of drug-likeness (QED) is 0.782. The Balaban J connectivity index is 2.09. The van der Waals surface area contributed by atoms with E-state index in [1.165, 1.54) is 12.8 Å². The number of rotatable bonds is 4. The maximum atomic E-state index is 12.3. The lowest BCUT2D eigenvalue weighted by molar-refractivity contribution is -0.131. The maximum absolute atomic E-state index is 12.3. The molecule has 0 spiro atoms. The lowest BCUT2D eigenvalue weighted by atomic mass is 9.91. The number of hydrogen-bond donors (Lipinski definition) is 1. The van der Waals surface area contributed by atoms with Crippen molar-refractivity contribution in [3.05, 3.63) is 0 Å². The van der Waals surface area contributed by atoms with Crippen LogP contribution in [0.2, 0.25) is 0 Å². The second-order valence-corrected chi connectivity index (χ2v) is 5.70. The Kier molecular flexibility index (Phi) is 2.68. The van der Waals surface area contributed by atoms with Crippen LogP contribution in [0.3, 0.4) is 0 Å². The van der Waals surface area contributed by atoms with Gasteiger partial charge in [0.15, 0.2) is 5.96 Å². The van der Waals surface area contributed by atoms with Crippen LogP contribution in [-0.2, 0) is 4.79 Å². The summed E-state index contributed by atoms with van der Waals surface area (Å²) in [5.74, 6) is 1.61. The van der Waals surface area contributed by atoms with Crippen LogP contribution in [0, 0.1) is 11.8 Å². The fourth-order valence-electron chi connectivity index (χ4n) is 2.42. The lowest BCUT2D eigenvalue weighted by Crippen LogP contribution is -2.44. The van der Waals surface area contributed by atoms with Crippen molar-refractivity contribution in [1.29, 1.82) is 0 Å². The van der Waals surface area contributed by atoms with Crippen LogP contribution < -0.4 is 5.73 Å². The van der Waals surface area contributed by atoms with Crippen molar-refractivity contribution in [2.75, 3.05) is 6.54 Å². The van der Waals surface area contributed by atoms with E-state index in [9.17, 15) is 4.79 Å². The fourth-order valence-corrected chi connectivity index (χ4v) is 2.42. The summed E-state index contributed by atoms with van der Waals surface area (Å²) in [5.41, 5.74) is 5.23. The van der Waals surface area contributed by atoms with Crippen LogP contribution in [-0.4, -0.2) is 28.9 Å². The molecule has 90 valence electrons. The minimum Gasteiger partial charge on any atom is -0.369 e. The summed E-state index contributed by atoms with van der Waals surface area (Å²) in [6, 6.07) is 0. The third-order valence-corrected chi connectivity index (χ3v) is 3.29. The molecular formula is C12H21N3O. The van der Waals surface area contributed by atoms with E-state index in [0.717, 1.165) is 13.0 Å². The van der Waals surface area contributed by atoms with Crippen LogP contribution in [0.25, 0.3) is 0 Å². The maximum Gasteiger partial charge on any atom is 0.257 e. The van der Waals surface area contributed by atoms with Gasteiger partial charge in [-0.1, -0.05) is 13.8 Å². The minimum atomic E-state index is -0.618. The third kappa shape index (κ3) is 2.06. The molecule has 1 heterocycles. The molecule has 2 aliphatic rings. The predicted molar refractivity (Wildman–Crippen MR) is 63.9 cm³/mol. The van der Waals surface area contributed by atoms with Gasteiger partial charge in [-0.05, 0) is 38.0 Å². The van der Waals surface area contributed by atoms with Crippen LogP contribution in [0.4, 0.5) is 0 Å². The molecule has 1 saturated carbocycles. The van der Waals surface area contributed by atoms with Crippen LogP contribution in [0.15, 0.2) is 4.99 Å². The molecule has 2 N–H and O–H groups in total. The van der Waals surface area contributed by atoms with Gasteiger partial charge in [0.25, 0.3) is 5.91 Å². The molecule has 0 radical (unpaired) electrons. The molecule has 1 fully saturated rings. The van der Waals surface area contributed by atoms with Crippen LogP contribution in [0.5, 0.6) is 0 Å². The fraction of sp³-hybridized carbons (Fsp3) is 0.833. The molecule has 1 aliphatic carbocycles. The Morgan fingerprint density at radius 1 is 1.56 bits per heavy atom. The second-order valence-electron chi connectivity index (χ2n) is 5.70. The first-order valence-corrected chi connectivity index (χ1v) is 6.09. The number of aliphatic imine (C=N–C) groups is 1. The summed E-state index contributed by atoms with van der Waals surface area (Å²) in [4.78, 5) is 18.3. The first kappa shape index (κ1) is 11.4. The van der Waals surface area contributed by atoms with Gasteiger partial charge in [0, 0.05) is 6.54 Å². The molecule has 1 aliphatic heterocycles. The van der Waals surface area contributed by atoms with E-state index >= 15 is 0 Å². The van der Waals surface area contributed by atoms with Crippen molar-refractivity contribution < 1.29 is 4.79 Å². The van der Waals surface area contributed by atoms with E-state index in [4.69, 9.17) is 5.73 Å². The summed E-state index contributed by atoms with van der Waals surface area (Å²) in [5, 5.41) is 0. The molecule has 1 unspecified atom stereocenters. The largest absolute Gasteiger partial charge is 0.369 e. The molecule has 0 aromatic rings. The molecule has 16 heavy (non-hydrogen) atoms. The summed E-state index contributed by atoms with van der Waals surface area (Å²) in [7, 11) is 0. The van der Waals surface area contributed by atoms with E-state index < -0.39 is 5.54 Å². The van der Waals surface area contributed by atoms with Crippen molar-refractivity contribution in [1.82, 2.24) is 4.90 Å². The van der Waals surface area contributed by atoms with E-state index in [0.29, 0.717) is 17.8 Å². The standard InChI is InChI=1S/C12H21N3O/c1-8(2)6-12(3)10(16)15(11(13)14-12)7-9-4-5-9/h8-9H,4-7H2,1-3H3,(H2,13,14). The van der Waals surface area contributed by atoms with Crippen molar-refractivity contribution in [3.63, 3.8) is 0 Å². The highest BCUT2D eigenvalue weighted by molar-refractivity contribution is 6.06. The van der Waals surface area contributed by atoms with Gasteiger partial charge >= 0.3 is 0 Å². The lowest BCUT2D eigenvalue weighted by Gasteiger charge is -2.23. The highest BCUT2D eigenvalue weighted by Gasteiger charge is 2.45. The smallest absolute Gasteiger partial charge is 0.257 e. The second kappa shape index (κ2) is 3.75. The normalized spacial score (nSPS) is 30.1. The van der Waals surface area contributed by atoms with Gasteiger partial charge in [-0.15, -0.1) is 0 Å². The average molecular weight is 223 g/mol. The van der Waals surface area contributed by atoms with E-state index in [1.807, 2.05) is 6.92 Å². The molecule has 4 nitrogen and oxygen atoms in total. The van der Waals surface area contributed by atoms with Crippen molar-refractivity contribution in [2.24, 2.45) is 22.6 Å². The Bertz CT molecular complexity index is 333. The first-order chi connectivity index (χ1) is 7.42. The van der Waals surface area contributed by atoms with Gasteiger partial charge < -0.3 is 5.73 Å². The monoisotopic (exact) mass is 223 g/mol. The van der Waals surface area contributed by atoms with Crippen molar-refractivity contribution >= 4 is 11.9 Å². The Morgan fingerprint density at radius 3 is 2.69 bits per heavy atom. The summed E-state index contributed by atoms with van der Waals surface area (Å²) >= 11 is 0. The Morgan fingerprint density at radius 2 is 2.19 bits per heavy atom. The SMILES string of the molecule is CC(C)CC1(C)N=C(N)N(CC2CC2)C1=O. The van der Waals surface area contributed by atoms with Gasteiger partial charge in [-0.25, -0.2) is 4.99 Å². The molecule has 1 atom stereocenters. The number of hydrogen-bond acceptors (Lipinski definition) is 3. The van der Waals surface area contributed by atoms with Gasteiger partial charge in [0.1, 0.15) is 5.54 Å². The summed E-state index contributed by atoms with van der Waals surface area (Å²) in [6.07, 6.45) is 3.21. The number of carbonyl (C=O) groups excluding carboxylic acids is 1. The molecule has 1 amide bonds. The van der Waals surface area contributed by atoms with Crippen LogP contribution in [0.1, 0.15) is 40.0 Å². The van der Waals surface area contributed by atoms with Crippen LogP contribution >= 0.6 is 0 Å². The number of carbonyl (C=O) groups is 1. The molecule has 4 heteroatoms. The highest BCUT2D eigenvalue weighted by Crippen LogP contribution is 2.34. The molecule has 0 aromatic heterocycles. The zero-order chi connectivity index (χ0) is 11.9. The molecule has 2 rings (SSSR count). The van der Waals surface area contributed by atoms with Gasteiger partial charge in [0.05, 0.1) is 0 Å². The zero-order valence-corrected chi connectivity index (χ0v) is 10.4. The number of guanidine groups is 1. The first-order valence-electron chi connectivity index (χ1n) is 6.09.